The first kappa shape index (κ1) is 14.0. The summed E-state index contributed by atoms with van der Waals surface area (Å²) in [4.78, 5) is 8.07. The third-order valence-electron chi connectivity index (χ3n) is 4.07. The Bertz CT molecular complexity index is 680. The van der Waals surface area contributed by atoms with Gasteiger partial charge in [-0.15, -0.1) is 0 Å². The van der Waals surface area contributed by atoms with Crippen molar-refractivity contribution >= 4 is 5.71 Å². The molecule has 1 heterocycles. The predicted molar refractivity (Wildman–Crippen MR) is 80.0 cm³/mol. The lowest BCUT2D eigenvalue weighted by molar-refractivity contribution is 0.497. The maximum Gasteiger partial charge on any atom is 0.197 e. The van der Waals surface area contributed by atoms with Crippen molar-refractivity contribution in [3.05, 3.63) is 58.2 Å². The number of nitrogens with zero attached hydrogens (tertiary/aromatic N) is 3. The van der Waals surface area contributed by atoms with Crippen LogP contribution in [0, 0.1) is 30.7 Å². The molecule has 0 saturated heterocycles. The number of nitriles is 1. The zero-order valence-corrected chi connectivity index (χ0v) is 12.2. The van der Waals surface area contributed by atoms with Crippen molar-refractivity contribution in [3.8, 4) is 6.07 Å². The maximum atomic E-state index is 9.56. The molecule has 0 radical (unpaired) electrons. The topological polar surface area (TPSA) is 40.5 Å². The van der Waals surface area contributed by atoms with Crippen LogP contribution >= 0.6 is 0 Å². The van der Waals surface area contributed by atoms with E-state index in [1.165, 1.54) is 0 Å². The van der Waals surface area contributed by atoms with Gasteiger partial charge >= 0.3 is 0 Å². The van der Waals surface area contributed by atoms with E-state index in [0.29, 0.717) is 11.4 Å². The Morgan fingerprint density at radius 3 is 2.35 bits per heavy atom. The highest BCUT2D eigenvalue weighted by molar-refractivity contribution is 5.91. The summed E-state index contributed by atoms with van der Waals surface area (Å²) in [5, 5.41) is 9.56. The van der Waals surface area contributed by atoms with Crippen LogP contribution in [-0.4, -0.2) is 5.71 Å². The summed E-state index contributed by atoms with van der Waals surface area (Å²) in [5.41, 5.74) is 3.59. The van der Waals surface area contributed by atoms with Crippen LogP contribution < -0.4 is 0 Å². The second-order valence-corrected chi connectivity index (χ2v) is 5.43. The monoisotopic (exact) mass is 263 g/mol. The Morgan fingerprint density at radius 1 is 1.25 bits per heavy atom. The summed E-state index contributed by atoms with van der Waals surface area (Å²) in [6, 6.07) is 10.4. The van der Waals surface area contributed by atoms with Crippen LogP contribution in [0.15, 0.2) is 40.7 Å². The highest BCUT2D eigenvalue weighted by Crippen LogP contribution is 2.44. The minimum atomic E-state index is -0.625. The van der Waals surface area contributed by atoms with Gasteiger partial charge in [-0.05, 0) is 26.3 Å². The van der Waals surface area contributed by atoms with Gasteiger partial charge in [0.25, 0.3) is 0 Å². The van der Waals surface area contributed by atoms with E-state index >= 15 is 0 Å². The predicted octanol–water partition coefficient (Wildman–Crippen LogP) is 4.02. The molecule has 0 aliphatic carbocycles. The van der Waals surface area contributed by atoms with Crippen LogP contribution in [0.3, 0.4) is 0 Å². The van der Waals surface area contributed by atoms with Crippen molar-refractivity contribution in [3.63, 3.8) is 0 Å². The molecule has 3 heteroatoms. The minimum Gasteiger partial charge on any atom is -0.273 e. The molecule has 0 bridgehead atoms. The molecule has 0 fully saturated rings. The first-order valence-electron chi connectivity index (χ1n) is 6.56. The first-order chi connectivity index (χ1) is 9.44. The van der Waals surface area contributed by atoms with Crippen molar-refractivity contribution in [1.82, 2.24) is 0 Å². The maximum absolute atomic E-state index is 9.56. The van der Waals surface area contributed by atoms with Crippen LogP contribution in [0.4, 0.5) is 0 Å². The first-order valence-corrected chi connectivity index (χ1v) is 6.56. The zero-order chi connectivity index (χ0) is 14.9. The van der Waals surface area contributed by atoms with Crippen LogP contribution in [0.5, 0.6) is 0 Å². The molecule has 1 aliphatic rings. The number of benzene rings is 1. The molecule has 0 amide bonds. The van der Waals surface area contributed by atoms with E-state index in [1.807, 2.05) is 52.0 Å². The molecule has 0 spiro atoms. The minimum absolute atomic E-state index is 0.405. The van der Waals surface area contributed by atoms with Gasteiger partial charge in [0.1, 0.15) is 0 Å². The molecule has 2 rings (SSSR count). The molecule has 1 aliphatic heterocycles. The van der Waals surface area contributed by atoms with Crippen LogP contribution in [-0.2, 0) is 5.41 Å². The van der Waals surface area contributed by atoms with Crippen molar-refractivity contribution in [2.24, 2.45) is 10.9 Å². The zero-order valence-electron chi connectivity index (χ0n) is 12.2. The SMILES string of the molecule is [C-]#[N+]C1=C(C)N=C(C)C(C#N)C1(C)c1ccc(C)cc1. The molecule has 1 aromatic rings. The van der Waals surface area contributed by atoms with Crippen molar-refractivity contribution in [2.75, 3.05) is 0 Å². The summed E-state index contributed by atoms with van der Waals surface area (Å²) in [6.45, 7) is 15.2. The molecule has 100 valence electrons. The number of rotatable bonds is 1. The summed E-state index contributed by atoms with van der Waals surface area (Å²) < 4.78 is 0. The van der Waals surface area contributed by atoms with Gasteiger partial charge in [-0.25, -0.2) is 4.85 Å². The highest BCUT2D eigenvalue weighted by Gasteiger charge is 2.45. The lowest BCUT2D eigenvalue weighted by Crippen LogP contribution is -2.39. The van der Waals surface area contributed by atoms with E-state index in [4.69, 9.17) is 6.57 Å². The Hall–Kier alpha value is -2.39. The van der Waals surface area contributed by atoms with Gasteiger partial charge in [-0.1, -0.05) is 36.8 Å². The van der Waals surface area contributed by atoms with Crippen LogP contribution in [0.1, 0.15) is 31.9 Å². The average molecular weight is 263 g/mol. The molecule has 20 heavy (non-hydrogen) atoms. The summed E-state index contributed by atoms with van der Waals surface area (Å²) in [7, 11) is 0. The lowest BCUT2D eigenvalue weighted by atomic mass is 9.66. The second-order valence-electron chi connectivity index (χ2n) is 5.43. The third kappa shape index (κ3) is 1.92. The second kappa shape index (κ2) is 4.94. The molecular formula is C17H17N3. The summed E-state index contributed by atoms with van der Waals surface area (Å²) >= 11 is 0. The van der Waals surface area contributed by atoms with E-state index in [0.717, 1.165) is 16.8 Å². The molecule has 2 atom stereocenters. The van der Waals surface area contributed by atoms with E-state index < -0.39 is 11.3 Å². The molecule has 3 nitrogen and oxygen atoms in total. The highest BCUT2D eigenvalue weighted by atomic mass is 14.9. The Balaban J connectivity index is 2.73. The lowest BCUT2D eigenvalue weighted by Gasteiger charge is -2.37. The Kier molecular flexibility index (Phi) is 3.47. The van der Waals surface area contributed by atoms with Gasteiger partial charge in [0.15, 0.2) is 5.70 Å². The fourth-order valence-corrected chi connectivity index (χ4v) is 2.94. The number of hydrogen-bond acceptors (Lipinski definition) is 2. The third-order valence-corrected chi connectivity index (χ3v) is 4.07. The van der Waals surface area contributed by atoms with Gasteiger partial charge in [0.05, 0.1) is 18.6 Å². The van der Waals surface area contributed by atoms with Crippen molar-refractivity contribution in [1.29, 1.82) is 5.26 Å². The summed E-state index contributed by atoms with van der Waals surface area (Å²) in [6.07, 6.45) is 0. The van der Waals surface area contributed by atoms with E-state index in [-0.39, 0.29) is 0 Å². The smallest absolute Gasteiger partial charge is 0.197 e. The van der Waals surface area contributed by atoms with Gasteiger partial charge in [0.2, 0.25) is 0 Å². The van der Waals surface area contributed by atoms with Crippen LogP contribution in [0.25, 0.3) is 4.85 Å². The van der Waals surface area contributed by atoms with Crippen molar-refractivity contribution in [2.45, 2.75) is 33.1 Å². The number of aryl methyl sites for hydroxylation is 1. The van der Waals surface area contributed by atoms with E-state index in [2.05, 4.69) is 15.9 Å². The van der Waals surface area contributed by atoms with E-state index in [1.54, 1.807) is 0 Å². The molecule has 0 N–H and O–H groups in total. The van der Waals surface area contributed by atoms with Crippen molar-refractivity contribution < 1.29 is 0 Å². The molecule has 0 saturated carbocycles. The number of aliphatic imine (C=N–C) groups is 1. The number of allylic oxidation sites excluding steroid dienone is 2. The van der Waals surface area contributed by atoms with Crippen LogP contribution in [0.2, 0.25) is 0 Å². The Morgan fingerprint density at radius 2 is 1.85 bits per heavy atom. The normalized spacial score (nSPS) is 25.7. The summed E-state index contributed by atoms with van der Waals surface area (Å²) in [5.74, 6) is -0.405. The number of hydrogen-bond donors (Lipinski definition) is 0. The molecule has 1 aromatic carbocycles. The fraction of sp³-hybridized carbons (Fsp3) is 0.353. The Labute approximate surface area is 120 Å². The van der Waals surface area contributed by atoms with Gasteiger partial charge in [-0.2, -0.15) is 5.26 Å². The molecule has 2 unspecified atom stereocenters. The van der Waals surface area contributed by atoms with E-state index in [9.17, 15) is 5.26 Å². The molecular weight excluding hydrogens is 246 g/mol. The molecule has 0 aromatic heterocycles. The van der Waals surface area contributed by atoms with Gasteiger partial charge < -0.3 is 0 Å². The van der Waals surface area contributed by atoms with Gasteiger partial charge in [0, 0.05) is 16.8 Å². The largest absolute Gasteiger partial charge is 0.273 e. The fourth-order valence-electron chi connectivity index (χ4n) is 2.94. The quantitative estimate of drug-likeness (QED) is 0.705. The van der Waals surface area contributed by atoms with Gasteiger partial charge in [-0.3, -0.25) is 4.99 Å². The standard InChI is InChI=1S/C17H17N3/c1-11-6-8-14(9-7-11)17(4)15(10-18)12(2)20-13(3)16(17)19-5/h6-9,15H,1-4H3. The average Bonchev–Trinajstić information content (AvgIpc) is 2.39.